The number of amides is 3. The summed E-state index contributed by atoms with van der Waals surface area (Å²) in [6, 6.07) is 7.09. The van der Waals surface area contributed by atoms with Gasteiger partial charge in [0, 0.05) is 36.4 Å². The van der Waals surface area contributed by atoms with Gasteiger partial charge in [0.25, 0.3) is 11.8 Å². The fourth-order valence-electron chi connectivity index (χ4n) is 4.97. The number of aromatic nitrogens is 2. The van der Waals surface area contributed by atoms with Crippen LogP contribution in [0.1, 0.15) is 60.0 Å². The summed E-state index contributed by atoms with van der Waals surface area (Å²) in [5.41, 5.74) is 0.622. The van der Waals surface area contributed by atoms with E-state index in [0.717, 1.165) is 12.1 Å². The lowest BCUT2D eigenvalue weighted by Crippen LogP contribution is -2.44. The number of benzene rings is 1. The van der Waals surface area contributed by atoms with E-state index in [2.05, 4.69) is 20.6 Å². The maximum absolute atomic E-state index is 13.3. The lowest BCUT2D eigenvalue weighted by molar-refractivity contribution is -0.127. The van der Waals surface area contributed by atoms with Crippen molar-refractivity contribution < 1.29 is 19.1 Å². The number of rotatable bonds is 7. The van der Waals surface area contributed by atoms with Crippen LogP contribution < -0.4 is 15.5 Å². The molecular weight excluding hydrogens is 458 g/mol. The van der Waals surface area contributed by atoms with Crippen molar-refractivity contribution in [3.63, 3.8) is 0 Å². The van der Waals surface area contributed by atoms with Gasteiger partial charge in [-0.25, -0.2) is 4.98 Å². The van der Waals surface area contributed by atoms with Gasteiger partial charge in [0.05, 0.1) is 18.3 Å². The first-order chi connectivity index (χ1) is 16.3. The van der Waals surface area contributed by atoms with Crippen LogP contribution in [0.25, 0.3) is 0 Å². The molecule has 34 heavy (non-hydrogen) atoms. The fraction of sp³-hybridized carbons (Fsp3) is 0.500. The first kappa shape index (κ1) is 24.2. The largest absolute Gasteiger partial charge is 0.383 e. The van der Waals surface area contributed by atoms with Gasteiger partial charge < -0.3 is 25.3 Å². The molecule has 1 saturated carbocycles. The van der Waals surface area contributed by atoms with Crippen LogP contribution in [0.15, 0.2) is 30.6 Å². The molecule has 3 N–H and O–H groups in total. The molecule has 1 atom stereocenters. The minimum atomic E-state index is -0.434. The van der Waals surface area contributed by atoms with Gasteiger partial charge in [0.1, 0.15) is 5.69 Å². The molecule has 1 aromatic heterocycles. The molecule has 2 aromatic rings. The third-order valence-corrected chi connectivity index (χ3v) is 7.02. The topological polar surface area (TPSA) is 116 Å². The Labute approximate surface area is 203 Å². The number of nitrogens with one attached hydrogen (secondary N) is 3. The molecule has 1 unspecified atom stereocenters. The molecule has 10 heteroatoms. The van der Waals surface area contributed by atoms with Crippen molar-refractivity contribution in [2.45, 2.75) is 51.1 Å². The molecule has 1 saturated heterocycles. The van der Waals surface area contributed by atoms with Crippen molar-refractivity contribution in [1.82, 2.24) is 20.6 Å². The molecule has 1 aliphatic carbocycles. The number of aromatic amines is 1. The van der Waals surface area contributed by atoms with Crippen LogP contribution in [0, 0.1) is 5.41 Å². The first-order valence-corrected chi connectivity index (χ1v) is 11.9. The summed E-state index contributed by atoms with van der Waals surface area (Å²) in [6.45, 7) is 2.84. The van der Waals surface area contributed by atoms with Crippen molar-refractivity contribution in [3.8, 4) is 0 Å². The minimum absolute atomic E-state index is 0.0517. The maximum Gasteiger partial charge on any atom is 0.272 e. The lowest BCUT2D eigenvalue weighted by atomic mass is 9.71. The third kappa shape index (κ3) is 4.95. The summed E-state index contributed by atoms with van der Waals surface area (Å²) in [5, 5.41) is 6.38. The van der Waals surface area contributed by atoms with Gasteiger partial charge in [-0.3, -0.25) is 14.4 Å². The summed E-state index contributed by atoms with van der Waals surface area (Å²) < 4.78 is 5.03. The van der Waals surface area contributed by atoms with Gasteiger partial charge >= 0.3 is 0 Å². The van der Waals surface area contributed by atoms with E-state index >= 15 is 0 Å². The van der Waals surface area contributed by atoms with E-state index in [1.165, 1.54) is 6.33 Å². The normalized spacial score (nSPS) is 23.2. The summed E-state index contributed by atoms with van der Waals surface area (Å²) >= 11 is 6.11. The van der Waals surface area contributed by atoms with Gasteiger partial charge in [-0.15, -0.1) is 0 Å². The van der Waals surface area contributed by atoms with Crippen molar-refractivity contribution in [2.75, 3.05) is 25.2 Å². The lowest BCUT2D eigenvalue weighted by Gasteiger charge is -2.36. The number of hydrogen-bond acceptors (Lipinski definition) is 5. The number of hydrogen-bond donors (Lipinski definition) is 3. The molecular formula is C24H30ClN5O4. The van der Waals surface area contributed by atoms with E-state index in [1.807, 2.05) is 30.0 Å². The van der Waals surface area contributed by atoms with Crippen molar-refractivity contribution in [3.05, 3.63) is 47.0 Å². The molecule has 9 nitrogen and oxygen atoms in total. The molecule has 1 aromatic carbocycles. The van der Waals surface area contributed by atoms with Gasteiger partial charge in [0.2, 0.25) is 5.91 Å². The van der Waals surface area contributed by atoms with Gasteiger partial charge in [-0.1, -0.05) is 17.7 Å². The molecule has 2 fully saturated rings. The van der Waals surface area contributed by atoms with Crippen LogP contribution in [0.5, 0.6) is 0 Å². The van der Waals surface area contributed by atoms with E-state index in [9.17, 15) is 14.4 Å². The number of nitrogens with zero attached hydrogens (tertiary/aromatic N) is 2. The average Bonchev–Trinajstić information content (AvgIpc) is 3.42. The van der Waals surface area contributed by atoms with E-state index < -0.39 is 5.91 Å². The number of ether oxygens (including phenoxy) is 1. The van der Waals surface area contributed by atoms with E-state index in [1.54, 1.807) is 13.2 Å². The van der Waals surface area contributed by atoms with Crippen LogP contribution >= 0.6 is 11.6 Å². The summed E-state index contributed by atoms with van der Waals surface area (Å²) in [5.74, 6) is -0.672. The second kappa shape index (κ2) is 10.1. The fourth-order valence-corrected chi connectivity index (χ4v) is 5.15. The number of anilines is 1. The number of methoxy groups -OCH3 is 1. The zero-order valence-corrected chi connectivity index (χ0v) is 20.2. The van der Waals surface area contributed by atoms with Gasteiger partial charge in [-0.2, -0.15) is 0 Å². The molecule has 2 heterocycles. The zero-order valence-electron chi connectivity index (χ0n) is 19.4. The van der Waals surface area contributed by atoms with Crippen molar-refractivity contribution >= 4 is 35.0 Å². The van der Waals surface area contributed by atoms with E-state index in [4.69, 9.17) is 16.3 Å². The van der Waals surface area contributed by atoms with Crippen LogP contribution in [0.4, 0.5) is 5.69 Å². The number of imidazole rings is 1. The quantitative estimate of drug-likeness (QED) is 0.555. The molecule has 1 aliphatic heterocycles. The Hall–Kier alpha value is -2.91. The van der Waals surface area contributed by atoms with Crippen molar-refractivity contribution in [1.29, 1.82) is 0 Å². The Morgan fingerprint density at radius 3 is 2.76 bits per heavy atom. The molecule has 182 valence electrons. The first-order valence-electron chi connectivity index (χ1n) is 11.5. The summed E-state index contributed by atoms with van der Waals surface area (Å²) in [4.78, 5) is 47.3. The molecule has 4 rings (SSSR count). The minimum Gasteiger partial charge on any atom is -0.383 e. The second-order valence-electron chi connectivity index (χ2n) is 9.17. The highest BCUT2D eigenvalue weighted by molar-refractivity contribution is 6.31. The number of halogens is 1. The van der Waals surface area contributed by atoms with E-state index in [0.29, 0.717) is 43.9 Å². The highest BCUT2D eigenvalue weighted by Crippen LogP contribution is 2.46. The molecule has 2 aliphatic rings. The number of carbonyl (C=O) groups excluding carboxylic acids is 3. The van der Waals surface area contributed by atoms with Gasteiger partial charge in [-0.05, 0) is 57.2 Å². The standard InChI is InChI=1S/C24H30ClN5O4/c1-15(13-34-2)28-21(31)19-20(27-14-26-19)22(32)29-17-6-8-24(9-7-17)10-11-30(23(24)33)18-5-3-4-16(25)12-18/h3-5,12,14-15,17H,6-11,13H2,1-2H3,(H,26,27)(H,28,31)(H,29,32). The Balaban J connectivity index is 1.34. The van der Waals surface area contributed by atoms with Crippen LogP contribution in [-0.2, 0) is 9.53 Å². The summed E-state index contributed by atoms with van der Waals surface area (Å²) in [6.07, 6.45) is 4.94. The van der Waals surface area contributed by atoms with E-state index in [-0.39, 0.29) is 40.7 Å². The Kier molecular flexibility index (Phi) is 7.23. The Bertz CT molecular complexity index is 1060. The maximum atomic E-state index is 13.3. The monoisotopic (exact) mass is 487 g/mol. The molecule has 0 radical (unpaired) electrons. The Morgan fingerprint density at radius 1 is 1.29 bits per heavy atom. The van der Waals surface area contributed by atoms with Gasteiger partial charge in [0.15, 0.2) is 5.69 Å². The number of carbonyl (C=O) groups is 3. The third-order valence-electron chi connectivity index (χ3n) is 6.79. The predicted octanol–water partition coefficient (Wildman–Crippen LogP) is 2.92. The van der Waals surface area contributed by atoms with Crippen LogP contribution in [-0.4, -0.2) is 60.0 Å². The predicted molar refractivity (Wildman–Crippen MR) is 128 cm³/mol. The number of H-pyrrole nitrogens is 1. The second-order valence-corrected chi connectivity index (χ2v) is 9.61. The zero-order chi connectivity index (χ0) is 24.3. The molecule has 0 bridgehead atoms. The highest BCUT2D eigenvalue weighted by atomic mass is 35.5. The SMILES string of the molecule is COCC(C)NC(=O)c1nc[nH]c1C(=O)NC1CCC2(CC1)CCN(c1cccc(Cl)c1)C2=O. The van der Waals surface area contributed by atoms with Crippen LogP contribution in [0.3, 0.4) is 0 Å². The van der Waals surface area contributed by atoms with Crippen LogP contribution in [0.2, 0.25) is 5.02 Å². The Morgan fingerprint density at radius 2 is 2.06 bits per heavy atom. The molecule has 1 spiro atoms. The van der Waals surface area contributed by atoms with Crippen molar-refractivity contribution in [2.24, 2.45) is 5.41 Å². The highest BCUT2D eigenvalue weighted by Gasteiger charge is 2.48. The smallest absolute Gasteiger partial charge is 0.272 e. The molecule has 3 amide bonds. The average molecular weight is 488 g/mol. The summed E-state index contributed by atoms with van der Waals surface area (Å²) in [7, 11) is 1.55.